The Kier molecular flexibility index (Phi) is 5.63. The van der Waals surface area contributed by atoms with Crippen LogP contribution in [0.3, 0.4) is 0 Å². The van der Waals surface area contributed by atoms with Crippen molar-refractivity contribution in [2.75, 3.05) is 5.75 Å². The molecule has 0 radical (unpaired) electrons. The number of benzene rings is 1. The van der Waals surface area contributed by atoms with Gasteiger partial charge >= 0.3 is 0 Å². The summed E-state index contributed by atoms with van der Waals surface area (Å²) >= 11 is 1.48. The van der Waals surface area contributed by atoms with E-state index in [4.69, 9.17) is 0 Å². The van der Waals surface area contributed by atoms with Crippen LogP contribution in [0.5, 0.6) is 0 Å². The molecule has 0 aromatic heterocycles. The van der Waals surface area contributed by atoms with Crippen molar-refractivity contribution < 1.29 is 14.7 Å². The highest BCUT2D eigenvalue weighted by atomic mass is 32.2. The molecule has 1 fully saturated rings. The molecule has 2 atom stereocenters. The van der Waals surface area contributed by atoms with E-state index in [-0.39, 0.29) is 22.6 Å². The van der Waals surface area contributed by atoms with E-state index in [1.54, 1.807) is 0 Å². The van der Waals surface area contributed by atoms with Crippen LogP contribution in [-0.2, 0) is 15.0 Å². The van der Waals surface area contributed by atoms with Crippen LogP contribution in [0.25, 0.3) is 0 Å². The van der Waals surface area contributed by atoms with Crippen LogP contribution in [0.2, 0.25) is 0 Å². The highest BCUT2D eigenvalue weighted by molar-refractivity contribution is 8.00. The summed E-state index contributed by atoms with van der Waals surface area (Å²) in [5.74, 6) is -0.807. The normalized spacial score (nSPS) is 19.8. The van der Waals surface area contributed by atoms with Gasteiger partial charge in [0.1, 0.15) is 5.37 Å². The van der Waals surface area contributed by atoms with Gasteiger partial charge in [0.25, 0.3) is 0 Å². The predicted octanol–water partition coefficient (Wildman–Crippen LogP) is 2.72. The lowest BCUT2D eigenvalue weighted by Gasteiger charge is -2.34. The first-order chi connectivity index (χ1) is 11.1. The van der Waals surface area contributed by atoms with Crippen LogP contribution in [-0.4, -0.2) is 28.6 Å². The molecule has 0 aliphatic carbocycles. The zero-order chi connectivity index (χ0) is 18.1. The van der Waals surface area contributed by atoms with Gasteiger partial charge in [-0.15, -0.1) is 11.8 Å². The molecule has 1 aromatic rings. The van der Waals surface area contributed by atoms with E-state index in [1.165, 1.54) is 22.2 Å². The summed E-state index contributed by atoms with van der Waals surface area (Å²) in [5.41, 5.74) is 2.24. The molecule has 1 aliphatic heterocycles. The van der Waals surface area contributed by atoms with Gasteiger partial charge in [-0.2, -0.15) is 0 Å². The van der Waals surface area contributed by atoms with Gasteiger partial charge in [-0.1, -0.05) is 58.9 Å². The number of carboxylic acid groups (broad SMARTS) is 1. The molecule has 1 heterocycles. The smallest absolute Gasteiger partial charge is 0.234 e. The van der Waals surface area contributed by atoms with Crippen molar-refractivity contribution in [3.05, 3.63) is 35.4 Å². The molecule has 0 bridgehead atoms. The largest absolute Gasteiger partial charge is 0.548 e. The Morgan fingerprint density at radius 3 is 2.33 bits per heavy atom. The lowest BCUT2D eigenvalue weighted by Crippen LogP contribution is -2.50. The van der Waals surface area contributed by atoms with Crippen LogP contribution >= 0.6 is 11.8 Å². The number of rotatable bonds is 5. The van der Waals surface area contributed by atoms with Crippen molar-refractivity contribution in [2.45, 2.75) is 57.9 Å². The van der Waals surface area contributed by atoms with E-state index in [1.807, 2.05) is 26.0 Å². The molecule has 1 aliphatic rings. The quantitative estimate of drug-likeness (QED) is 0.821. The number of nitrogens with zero attached hydrogens (tertiary/aromatic N) is 1. The second-order valence-electron chi connectivity index (χ2n) is 7.80. The summed E-state index contributed by atoms with van der Waals surface area (Å²) in [5, 5.41) is 11.4. The standard InChI is InChI=1S/C19H27NO3S/c1-12(2)10-15(18(22)23)20-16(21)11-24-17(20)13-6-8-14(9-7-13)19(3,4)5/h6-9,12,15,17H,10-11H2,1-5H3,(H,22,23)/p-1/t15-,17-/m1/s1. The molecule has 132 valence electrons. The molecule has 0 unspecified atom stereocenters. The van der Waals surface area contributed by atoms with Crippen molar-refractivity contribution in [2.24, 2.45) is 5.92 Å². The molecule has 24 heavy (non-hydrogen) atoms. The van der Waals surface area contributed by atoms with Gasteiger partial charge in [-0.05, 0) is 28.9 Å². The minimum Gasteiger partial charge on any atom is -0.548 e. The van der Waals surface area contributed by atoms with Crippen molar-refractivity contribution in [3.8, 4) is 0 Å². The number of hydrogen-bond acceptors (Lipinski definition) is 4. The molecule has 1 aromatic carbocycles. The molecule has 2 rings (SSSR count). The summed E-state index contributed by atoms with van der Waals surface area (Å²) < 4.78 is 0. The van der Waals surface area contributed by atoms with Crippen LogP contribution in [0.15, 0.2) is 24.3 Å². The van der Waals surface area contributed by atoms with Gasteiger partial charge in [0.05, 0.1) is 17.8 Å². The summed E-state index contributed by atoms with van der Waals surface area (Å²) in [6, 6.07) is 7.26. The Bertz CT molecular complexity index is 604. The first-order valence-corrected chi connectivity index (χ1v) is 9.40. The zero-order valence-corrected chi connectivity index (χ0v) is 15.9. The first kappa shape index (κ1) is 18.8. The number of thioether (sulfide) groups is 1. The van der Waals surface area contributed by atoms with Gasteiger partial charge in [-0.25, -0.2) is 0 Å². The van der Waals surface area contributed by atoms with E-state index in [9.17, 15) is 14.7 Å². The fourth-order valence-electron chi connectivity index (χ4n) is 2.95. The highest BCUT2D eigenvalue weighted by Crippen LogP contribution is 2.41. The average Bonchev–Trinajstić information content (AvgIpc) is 2.85. The lowest BCUT2D eigenvalue weighted by molar-refractivity contribution is -0.312. The average molecular weight is 348 g/mol. The van der Waals surface area contributed by atoms with Gasteiger partial charge in [-0.3, -0.25) is 4.79 Å². The Hall–Kier alpha value is -1.49. The number of carbonyl (C=O) groups is 2. The molecule has 0 spiro atoms. The predicted molar refractivity (Wildman–Crippen MR) is 95.4 cm³/mol. The van der Waals surface area contributed by atoms with E-state index < -0.39 is 12.0 Å². The summed E-state index contributed by atoms with van der Waals surface area (Å²) in [6.07, 6.45) is 0.408. The minimum absolute atomic E-state index is 0.0576. The Balaban J connectivity index is 2.31. The third-order valence-electron chi connectivity index (χ3n) is 4.27. The molecule has 1 saturated heterocycles. The number of hydrogen-bond donors (Lipinski definition) is 0. The van der Waals surface area contributed by atoms with Crippen LogP contribution in [0.4, 0.5) is 0 Å². The summed E-state index contributed by atoms with van der Waals surface area (Å²) in [4.78, 5) is 25.4. The lowest BCUT2D eigenvalue weighted by atomic mass is 9.86. The van der Waals surface area contributed by atoms with Crippen LogP contribution < -0.4 is 5.11 Å². The molecule has 0 N–H and O–H groups in total. The van der Waals surface area contributed by atoms with Gasteiger partial charge < -0.3 is 14.8 Å². The Morgan fingerprint density at radius 2 is 1.88 bits per heavy atom. The van der Waals surface area contributed by atoms with E-state index in [0.29, 0.717) is 12.2 Å². The Labute approximate surface area is 148 Å². The van der Waals surface area contributed by atoms with Gasteiger partial charge in [0, 0.05) is 0 Å². The van der Waals surface area contributed by atoms with Crippen molar-refractivity contribution in [1.82, 2.24) is 4.90 Å². The third-order valence-corrected chi connectivity index (χ3v) is 5.50. The topological polar surface area (TPSA) is 60.4 Å². The fraction of sp³-hybridized carbons (Fsp3) is 0.579. The molecular weight excluding hydrogens is 322 g/mol. The van der Waals surface area contributed by atoms with Crippen molar-refractivity contribution >= 4 is 23.6 Å². The SMILES string of the molecule is CC(C)C[C@H](C(=O)[O-])N1C(=O)CS[C@@H]1c1ccc(C(C)(C)C)cc1. The zero-order valence-electron chi connectivity index (χ0n) is 15.0. The third kappa shape index (κ3) is 4.12. The van der Waals surface area contributed by atoms with Crippen molar-refractivity contribution in [1.29, 1.82) is 0 Å². The van der Waals surface area contributed by atoms with E-state index in [2.05, 4.69) is 32.9 Å². The van der Waals surface area contributed by atoms with E-state index in [0.717, 1.165) is 5.56 Å². The maximum Gasteiger partial charge on any atom is 0.234 e. The molecular formula is C19H26NO3S-. The number of carbonyl (C=O) groups excluding carboxylic acids is 2. The maximum atomic E-state index is 12.3. The first-order valence-electron chi connectivity index (χ1n) is 8.35. The molecule has 5 heteroatoms. The van der Waals surface area contributed by atoms with Gasteiger partial charge in [0.2, 0.25) is 5.91 Å². The second-order valence-corrected chi connectivity index (χ2v) is 8.87. The number of carboxylic acids is 1. The number of amides is 1. The molecule has 1 amide bonds. The molecule has 4 nitrogen and oxygen atoms in total. The second kappa shape index (κ2) is 7.18. The summed E-state index contributed by atoms with van der Waals surface area (Å²) in [6.45, 7) is 10.4. The van der Waals surface area contributed by atoms with Gasteiger partial charge in [0.15, 0.2) is 0 Å². The maximum absolute atomic E-state index is 12.3. The van der Waals surface area contributed by atoms with Crippen molar-refractivity contribution in [3.63, 3.8) is 0 Å². The number of aliphatic carboxylic acids is 1. The fourth-order valence-corrected chi connectivity index (χ4v) is 4.17. The van der Waals surface area contributed by atoms with E-state index >= 15 is 0 Å². The monoisotopic (exact) mass is 348 g/mol. The molecule has 0 saturated carbocycles. The minimum atomic E-state index is -1.17. The van der Waals surface area contributed by atoms with Crippen LogP contribution in [0.1, 0.15) is 57.5 Å². The Morgan fingerprint density at radius 1 is 1.29 bits per heavy atom. The summed E-state index contributed by atoms with van der Waals surface area (Å²) in [7, 11) is 0. The van der Waals surface area contributed by atoms with Crippen LogP contribution in [0, 0.1) is 5.92 Å². The highest BCUT2D eigenvalue weighted by Gasteiger charge is 2.38.